The quantitative estimate of drug-likeness (QED) is 0.871. The molecule has 6 heteroatoms. The van der Waals surface area contributed by atoms with Crippen LogP contribution in [0, 0.1) is 0 Å². The Balaban J connectivity index is 2.40. The number of pyridine rings is 1. The van der Waals surface area contributed by atoms with Crippen LogP contribution in [0.3, 0.4) is 0 Å². The fourth-order valence-corrected chi connectivity index (χ4v) is 2.89. The van der Waals surface area contributed by atoms with Crippen molar-refractivity contribution in [1.82, 2.24) is 4.98 Å². The van der Waals surface area contributed by atoms with E-state index in [4.69, 9.17) is 0 Å². The predicted octanol–water partition coefficient (Wildman–Crippen LogP) is 2.67. The van der Waals surface area contributed by atoms with E-state index in [0.717, 1.165) is 4.47 Å². The molecule has 0 bridgehead atoms. The molecule has 18 heavy (non-hydrogen) atoms. The Morgan fingerprint density at radius 3 is 2.39 bits per heavy atom. The molecule has 0 saturated carbocycles. The second-order valence-corrected chi connectivity index (χ2v) is 6.52. The van der Waals surface area contributed by atoms with Gasteiger partial charge in [-0.25, -0.2) is 8.42 Å². The summed E-state index contributed by atoms with van der Waals surface area (Å²) in [6.45, 7) is 0. The molecule has 0 aliphatic heterocycles. The fraction of sp³-hybridized carbons (Fsp3) is 0.0833. The maximum absolute atomic E-state index is 12.3. The topological polar surface area (TPSA) is 50.3 Å². The lowest BCUT2D eigenvalue weighted by atomic mass is 10.4. The molecule has 2 rings (SSSR count). The predicted molar refractivity (Wildman–Crippen MR) is 74.0 cm³/mol. The summed E-state index contributed by atoms with van der Waals surface area (Å²) in [7, 11) is -2.03. The van der Waals surface area contributed by atoms with Crippen LogP contribution in [0.2, 0.25) is 0 Å². The standard InChI is InChI=1S/C12H11BrN2O2S/c1-15(11-3-2-8-14-9-11)18(16,17)12-6-4-10(13)5-7-12/h2-9H,1H3. The average molecular weight is 327 g/mol. The zero-order chi connectivity index (χ0) is 13.2. The van der Waals surface area contributed by atoms with Crippen molar-refractivity contribution in [2.75, 3.05) is 11.4 Å². The van der Waals surface area contributed by atoms with Gasteiger partial charge >= 0.3 is 0 Å². The van der Waals surface area contributed by atoms with E-state index >= 15 is 0 Å². The van der Waals surface area contributed by atoms with Gasteiger partial charge in [0.25, 0.3) is 10.0 Å². The summed E-state index contributed by atoms with van der Waals surface area (Å²) in [4.78, 5) is 4.16. The number of hydrogen-bond donors (Lipinski definition) is 0. The molecule has 4 nitrogen and oxygen atoms in total. The highest BCUT2D eigenvalue weighted by Gasteiger charge is 2.20. The number of nitrogens with zero attached hydrogens (tertiary/aromatic N) is 2. The lowest BCUT2D eigenvalue weighted by molar-refractivity contribution is 0.594. The van der Waals surface area contributed by atoms with E-state index < -0.39 is 10.0 Å². The van der Waals surface area contributed by atoms with E-state index in [9.17, 15) is 8.42 Å². The monoisotopic (exact) mass is 326 g/mol. The van der Waals surface area contributed by atoms with Crippen molar-refractivity contribution in [3.63, 3.8) is 0 Å². The van der Waals surface area contributed by atoms with E-state index in [1.165, 1.54) is 17.5 Å². The molecule has 0 radical (unpaired) electrons. The second kappa shape index (κ2) is 5.07. The van der Waals surface area contributed by atoms with Gasteiger partial charge in [0.05, 0.1) is 16.8 Å². The van der Waals surface area contributed by atoms with Crippen LogP contribution in [0.4, 0.5) is 5.69 Å². The summed E-state index contributed by atoms with van der Waals surface area (Å²) in [5.74, 6) is 0. The normalized spacial score (nSPS) is 11.2. The smallest absolute Gasteiger partial charge is 0.264 e. The molecule has 0 fully saturated rings. The van der Waals surface area contributed by atoms with Crippen LogP contribution >= 0.6 is 15.9 Å². The maximum Gasteiger partial charge on any atom is 0.264 e. The summed E-state index contributed by atoms with van der Waals surface area (Å²) in [6, 6.07) is 9.92. The van der Waals surface area contributed by atoms with E-state index in [-0.39, 0.29) is 4.90 Å². The van der Waals surface area contributed by atoms with Gasteiger partial charge in [-0.05, 0) is 36.4 Å². The highest BCUT2D eigenvalue weighted by atomic mass is 79.9. The molecule has 1 heterocycles. The molecule has 0 atom stereocenters. The van der Waals surface area contributed by atoms with Gasteiger partial charge in [-0.15, -0.1) is 0 Å². The lowest BCUT2D eigenvalue weighted by Crippen LogP contribution is -2.26. The third kappa shape index (κ3) is 2.54. The van der Waals surface area contributed by atoms with Gasteiger partial charge < -0.3 is 0 Å². The minimum absolute atomic E-state index is 0.247. The van der Waals surface area contributed by atoms with Crippen molar-refractivity contribution >= 4 is 31.6 Å². The highest BCUT2D eigenvalue weighted by molar-refractivity contribution is 9.10. The van der Waals surface area contributed by atoms with Crippen LogP contribution < -0.4 is 4.31 Å². The van der Waals surface area contributed by atoms with Gasteiger partial charge in [-0.2, -0.15) is 0 Å². The van der Waals surface area contributed by atoms with E-state index in [0.29, 0.717) is 5.69 Å². The number of rotatable bonds is 3. The Bertz CT molecular complexity index is 627. The van der Waals surface area contributed by atoms with Crippen LogP contribution in [-0.4, -0.2) is 20.4 Å². The molecular formula is C12H11BrN2O2S. The Kier molecular flexibility index (Phi) is 3.68. The first-order chi connectivity index (χ1) is 8.51. The zero-order valence-corrected chi connectivity index (χ0v) is 12.0. The van der Waals surface area contributed by atoms with Gasteiger partial charge in [-0.3, -0.25) is 9.29 Å². The van der Waals surface area contributed by atoms with Crippen molar-refractivity contribution in [2.45, 2.75) is 4.90 Å². The van der Waals surface area contributed by atoms with E-state index in [1.807, 2.05) is 0 Å². The van der Waals surface area contributed by atoms with Gasteiger partial charge in [0, 0.05) is 17.7 Å². The number of anilines is 1. The van der Waals surface area contributed by atoms with Crippen LogP contribution in [0.25, 0.3) is 0 Å². The molecule has 0 N–H and O–H groups in total. The number of sulfonamides is 1. The Morgan fingerprint density at radius 1 is 1.17 bits per heavy atom. The SMILES string of the molecule is CN(c1cccnc1)S(=O)(=O)c1ccc(Br)cc1. The lowest BCUT2D eigenvalue weighted by Gasteiger charge is -2.18. The van der Waals surface area contributed by atoms with Crippen molar-refractivity contribution < 1.29 is 8.42 Å². The van der Waals surface area contributed by atoms with E-state index in [2.05, 4.69) is 20.9 Å². The maximum atomic E-state index is 12.3. The van der Waals surface area contributed by atoms with Gasteiger partial charge in [0.1, 0.15) is 0 Å². The van der Waals surface area contributed by atoms with Crippen molar-refractivity contribution in [3.05, 3.63) is 53.3 Å². The van der Waals surface area contributed by atoms with Crippen LogP contribution in [-0.2, 0) is 10.0 Å². The third-order valence-corrected chi connectivity index (χ3v) is 4.81. The molecule has 94 valence electrons. The highest BCUT2D eigenvalue weighted by Crippen LogP contribution is 2.22. The van der Waals surface area contributed by atoms with Crippen molar-refractivity contribution in [3.8, 4) is 0 Å². The summed E-state index contributed by atoms with van der Waals surface area (Å²) in [5, 5.41) is 0. The zero-order valence-electron chi connectivity index (χ0n) is 9.62. The number of aromatic nitrogens is 1. The van der Waals surface area contributed by atoms with Crippen LogP contribution in [0.15, 0.2) is 58.2 Å². The molecule has 0 aliphatic rings. The summed E-state index contributed by atoms with van der Waals surface area (Å²) < 4.78 is 26.7. The van der Waals surface area contributed by atoms with Gasteiger partial charge in [-0.1, -0.05) is 15.9 Å². The van der Waals surface area contributed by atoms with E-state index in [1.54, 1.807) is 42.6 Å². The molecular weight excluding hydrogens is 316 g/mol. The first-order valence-corrected chi connectivity index (χ1v) is 7.39. The number of benzene rings is 1. The van der Waals surface area contributed by atoms with Crippen molar-refractivity contribution in [2.24, 2.45) is 0 Å². The molecule has 0 aliphatic carbocycles. The Labute approximate surface area is 114 Å². The Morgan fingerprint density at radius 2 is 1.83 bits per heavy atom. The summed E-state index contributed by atoms with van der Waals surface area (Å²) >= 11 is 3.28. The molecule has 0 amide bonds. The molecule has 0 unspecified atom stereocenters. The molecule has 0 saturated heterocycles. The average Bonchev–Trinajstić information content (AvgIpc) is 2.39. The molecule has 1 aromatic carbocycles. The minimum atomic E-state index is -3.54. The summed E-state index contributed by atoms with van der Waals surface area (Å²) in [6.07, 6.45) is 3.11. The van der Waals surface area contributed by atoms with Gasteiger partial charge in [0.2, 0.25) is 0 Å². The molecule has 2 aromatic rings. The van der Waals surface area contributed by atoms with Crippen LogP contribution in [0.1, 0.15) is 0 Å². The largest absolute Gasteiger partial charge is 0.268 e. The third-order valence-electron chi connectivity index (χ3n) is 2.48. The molecule has 1 aromatic heterocycles. The second-order valence-electron chi connectivity index (χ2n) is 3.64. The first-order valence-electron chi connectivity index (χ1n) is 5.16. The number of halogens is 1. The van der Waals surface area contributed by atoms with Crippen LogP contribution in [0.5, 0.6) is 0 Å². The van der Waals surface area contributed by atoms with Crippen molar-refractivity contribution in [1.29, 1.82) is 0 Å². The molecule has 0 spiro atoms. The fourth-order valence-electron chi connectivity index (χ4n) is 1.44. The Hall–Kier alpha value is -1.40. The summed E-state index contributed by atoms with van der Waals surface area (Å²) in [5.41, 5.74) is 0.528. The number of hydrogen-bond acceptors (Lipinski definition) is 3. The minimum Gasteiger partial charge on any atom is -0.268 e. The first kappa shape index (κ1) is 13.0. The van der Waals surface area contributed by atoms with Gasteiger partial charge in [0.15, 0.2) is 0 Å².